The van der Waals surface area contributed by atoms with Crippen LogP contribution in [-0.4, -0.2) is 48.3 Å². The fourth-order valence-corrected chi connectivity index (χ4v) is 1.27. The molecule has 11 heavy (non-hydrogen) atoms. The van der Waals surface area contributed by atoms with Crippen LogP contribution >= 0.6 is 0 Å². The smallest absolute Gasteiger partial charge is 0.111 e. The van der Waals surface area contributed by atoms with Crippen molar-refractivity contribution in [3.63, 3.8) is 0 Å². The number of hydrogen-bond donors (Lipinski definition) is 2. The zero-order valence-corrected chi connectivity index (χ0v) is 6.73. The molecule has 1 heterocycles. The summed E-state index contributed by atoms with van der Waals surface area (Å²) in [5.74, 6) is 0. The zero-order valence-electron chi connectivity index (χ0n) is 6.73. The fourth-order valence-electron chi connectivity index (χ4n) is 1.27. The van der Waals surface area contributed by atoms with Crippen LogP contribution in [0.4, 0.5) is 0 Å². The second-order valence-electron chi connectivity index (χ2n) is 2.80. The quantitative estimate of drug-likeness (QED) is 0.527. The van der Waals surface area contributed by atoms with E-state index < -0.39 is 18.3 Å². The maximum absolute atomic E-state index is 9.35. The topological polar surface area (TPSA) is 58.9 Å². The molecule has 1 fully saturated rings. The summed E-state index contributed by atoms with van der Waals surface area (Å²) < 4.78 is 10.1. The largest absolute Gasteiger partial charge is 0.388 e. The van der Waals surface area contributed by atoms with Crippen LogP contribution in [0.1, 0.15) is 6.92 Å². The van der Waals surface area contributed by atoms with Gasteiger partial charge in [0.25, 0.3) is 0 Å². The third-order valence-corrected chi connectivity index (χ3v) is 2.00. The number of rotatable bonds is 1. The van der Waals surface area contributed by atoms with Gasteiger partial charge in [0.1, 0.15) is 18.3 Å². The van der Waals surface area contributed by atoms with E-state index in [1.165, 1.54) is 7.11 Å². The van der Waals surface area contributed by atoms with Crippen molar-refractivity contribution in [2.24, 2.45) is 0 Å². The average molecular weight is 162 g/mol. The Bertz CT molecular complexity index is 128. The molecule has 4 nitrogen and oxygen atoms in total. The lowest BCUT2D eigenvalue weighted by Gasteiger charge is -2.35. The number of ether oxygens (including phenoxy) is 2. The zero-order chi connectivity index (χ0) is 8.43. The second-order valence-corrected chi connectivity index (χ2v) is 2.80. The van der Waals surface area contributed by atoms with E-state index in [-0.39, 0.29) is 12.7 Å². The lowest BCUT2D eigenvalue weighted by molar-refractivity contribution is -0.190. The summed E-state index contributed by atoms with van der Waals surface area (Å²) in [5.41, 5.74) is 0. The molecule has 4 heteroatoms. The van der Waals surface area contributed by atoms with E-state index in [0.29, 0.717) is 0 Å². The minimum Gasteiger partial charge on any atom is -0.388 e. The molecule has 66 valence electrons. The number of aliphatic hydroxyl groups excluding tert-OH is 2. The highest BCUT2D eigenvalue weighted by molar-refractivity contribution is 4.85. The Morgan fingerprint density at radius 1 is 1.45 bits per heavy atom. The van der Waals surface area contributed by atoms with Crippen LogP contribution in [0.25, 0.3) is 0 Å². The Hall–Kier alpha value is -0.160. The van der Waals surface area contributed by atoms with Crippen molar-refractivity contribution in [3.8, 4) is 0 Å². The molecule has 4 atom stereocenters. The van der Waals surface area contributed by atoms with Gasteiger partial charge in [0.15, 0.2) is 0 Å². The van der Waals surface area contributed by atoms with E-state index in [1.54, 1.807) is 0 Å². The summed E-state index contributed by atoms with van der Waals surface area (Å²) >= 11 is 0. The van der Waals surface area contributed by atoms with Gasteiger partial charge in [0.05, 0.1) is 12.7 Å². The second kappa shape index (κ2) is 3.49. The van der Waals surface area contributed by atoms with Gasteiger partial charge >= 0.3 is 0 Å². The molecule has 0 radical (unpaired) electrons. The van der Waals surface area contributed by atoms with Crippen molar-refractivity contribution < 1.29 is 19.7 Å². The summed E-state index contributed by atoms with van der Waals surface area (Å²) in [6.45, 7) is 1.99. The monoisotopic (exact) mass is 162 g/mol. The Balaban J connectivity index is 2.55. The van der Waals surface area contributed by atoms with Gasteiger partial charge in [-0.25, -0.2) is 0 Å². The van der Waals surface area contributed by atoms with Crippen molar-refractivity contribution in [1.29, 1.82) is 0 Å². The van der Waals surface area contributed by atoms with Crippen molar-refractivity contribution in [1.82, 2.24) is 0 Å². The summed E-state index contributed by atoms with van der Waals surface area (Å²) in [5, 5.41) is 18.5. The maximum atomic E-state index is 9.35. The van der Waals surface area contributed by atoms with Gasteiger partial charge in [-0.3, -0.25) is 0 Å². The number of hydrogen-bond acceptors (Lipinski definition) is 4. The van der Waals surface area contributed by atoms with Crippen LogP contribution < -0.4 is 0 Å². The van der Waals surface area contributed by atoms with Crippen LogP contribution in [0, 0.1) is 0 Å². The molecule has 0 unspecified atom stereocenters. The molecule has 1 saturated heterocycles. The molecule has 0 aromatic rings. The van der Waals surface area contributed by atoms with Gasteiger partial charge in [-0.1, -0.05) is 0 Å². The van der Waals surface area contributed by atoms with Crippen LogP contribution in [0.2, 0.25) is 0 Å². The third kappa shape index (κ3) is 1.70. The Kier molecular flexibility index (Phi) is 2.84. The molecule has 0 aliphatic carbocycles. The first kappa shape index (κ1) is 8.93. The van der Waals surface area contributed by atoms with Crippen molar-refractivity contribution >= 4 is 0 Å². The number of aliphatic hydroxyl groups is 2. The SMILES string of the molecule is CO[C@@H]1[C@@H](O)[C@@H](O)CO[C@H]1C. The van der Waals surface area contributed by atoms with E-state index in [4.69, 9.17) is 14.6 Å². The molecular formula is C7H14O4. The first-order chi connectivity index (χ1) is 5.16. The highest BCUT2D eigenvalue weighted by Gasteiger charge is 2.36. The van der Waals surface area contributed by atoms with Gasteiger partial charge in [0, 0.05) is 7.11 Å². The first-order valence-electron chi connectivity index (χ1n) is 3.67. The van der Waals surface area contributed by atoms with Gasteiger partial charge < -0.3 is 19.7 Å². The highest BCUT2D eigenvalue weighted by atomic mass is 16.6. The molecule has 0 bridgehead atoms. The Labute approximate surface area is 65.7 Å². The van der Waals surface area contributed by atoms with Crippen LogP contribution in [-0.2, 0) is 9.47 Å². The van der Waals surface area contributed by atoms with Crippen LogP contribution in [0.3, 0.4) is 0 Å². The highest BCUT2D eigenvalue weighted by Crippen LogP contribution is 2.17. The molecule has 2 N–H and O–H groups in total. The summed E-state index contributed by atoms with van der Waals surface area (Å²) in [6, 6.07) is 0. The molecule has 1 aliphatic heterocycles. The summed E-state index contributed by atoms with van der Waals surface area (Å²) in [4.78, 5) is 0. The average Bonchev–Trinajstić information content (AvgIpc) is 1.99. The summed E-state index contributed by atoms with van der Waals surface area (Å²) in [7, 11) is 1.49. The minimum atomic E-state index is -0.830. The van der Waals surface area contributed by atoms with E-state index in [1.807, 2.05) is 6.92 Å². The molecule has 1 rings (SSSR count). The molecule has 0 aromatic heterocycles. The number of methoxy groups -OCH3 is 1. The fraction of sp³-hybridized carbons (Fsp3) is 1.00. The van der Waals surface area contributed by atoms with Crippen molar-refractivity contribution in [3.05, 3.63) is 0 Å². The normalized spacial score (nSPS) is 45.8. The molecule has 0 spiro atoms. The molecule has 1 aliphatic rings. The Morgan fingerprint density at radius 2 is 2.09 bits per heavy atom. The molecule has 0 amide bonds. The lowest BCUT2D eigenvalue weighted by Crippen LogP contribution is -2.52. The standard InChI is InChI=1S/C7H14O4/c1-4-7(10-2)6(9)5(8)3-11-4/h4-9H,3H2,1-2H3/t4-,5-,6-,7-/m0/s1. The minimum absolute atomic E-state index is 0.154. The van der Waals surface area contributed by atoms with E-state index in [9.17, 15) is 5.11 Å². The van der Waals surface area contributed by atoms with Crippen LogP contribution in [0.15, 0.2) is 0 Å². The Morgan fingerprint density at radius 3 is 2.55 bits per heavy atom. The van der Waals surface area contributed by atoms with Gasteiger partial charge in [-0.05, 0) is 6.92 Å². The lowest BCUT2D eigenvalue weighted by atomic mass is 10.0. The van der Waals surface area contributed by atoms with Crippen molar-refractivity contribution in [2.75, 3.05) is 13.7 Å². The van der Waals surface area contributed by atoms with Crippen LogP contribution in [0.5, 0.6) is 0 Å². The van der Waals surface area contributed by atoms with E-state index >= 15 is 0 Å². The van der Waals surface area contributed by atoms with Gasteiger partial charge in [0.2, 0.25) is 0 Å². The molecule has 0 aromatic carbocycles. The van der Waals surface area contributed by atoms with Gasteiger partial charge in [-0.15, -0.1) is 0 Å². The predicted octanol–water partition coefficient (Wildman–Crippen LogP) is -0.858. The van der Waals surface area contributed by atoms with E-state index in [2.05, 4.69) is 0 Å². The van der Waals surface area contributed by atoms with E-state index in [0.717, 1.165) is 0 Å². The molecule has 0 saturated carbocycles. The maximum Gasteiger partial charge on any atom is 0.111 e. The third-order valence-electron chi connectivity index (χ3n) is 2.00. The van der Waals surface area contributed by atoms with Crippen molar-refractivity contribution in [2.45, 2.75) is 31.3 Å². The summed E-state index contributed by atoms with van der Waals surface area (Å²) in [6.07, 6.45) is -2.22. The first-order valence-corrected chi connectivity index (χ1v) is 3.67. The molecular weight excluding hydrogens is 148 g/mol. The predicted molar refractivity (Wildman–Crippen MR) is 38.2 cm³/mol. The van der Waals surface area contributed by atoms with Gasteiger partial charge in [-0.2, -0.15) is 0 Å².